The first-order valence-electron chi connectivity index (χ1n) is 9.00. The molecule has 1 aromatic heterocycles. The van der Waals surface area contributed by atoms with E-state index in [1.807, 2.05) is 6.07 Å². The molecule has 3 rings (SSSR count). The topological polar surface area (TPSA) is 73.8 Å². The number of hydrogen-bond acceptors (Lipinski definition) is 5. The molecule has 2 saturated heterocycles. The molecule has 0 saturated carbocycles. The molecule has 2 aliphatic rings. The zero-order valence-corrected chi connectivity index (χ0v) is 15.5. The van der Waals surface area contributed by atoms with Crippen LogP contribution in [0.4, 0.5) is 5.82 Å². The largest absolute Gasteiger partial charge is 0.356 e. The molecule has 7 nitrogen and oxygen atoms in total. The molecule has 0 radical (unpaired) electrons. The Morgan fingerprint density at radius 1 is 1.08 bits per heavy atom. The van der Waals surface area contributed by atoms with E-state index < -0.39 is 10.0 Å². The van der Waals surface area contributed by atoms with E-state index in [9.17, 15) is 13.2 Å². The van der Waals surface area contributed by atoms with Gasteiger partial charge < -0.3 is 9.80 Å². The molecule has 1 amide bonds. The quantitative estimate of drug-likeness (QED) is 0.800. The summed E-state index contributed by atoms with van der Waals surface area (Å²) in [5, 5.41) is 0. The Bertz CT molecular complexity index is 708. The summed E-state index contributed by atoms with van der Waals surface area (Å²) in [4.78, 5) is 21.4. The minimum atomic E-state index is -3.19. The van der Waals surface area contributed by atoms with Crippen molar-refractivity contribution >= 4 is 21.7 Å². The number of sulfonamides is 1. The van der Waals surface area contributed by atoms with Gasteiger partial charge in [-0.05, 0) is 38.3 Å². The molecule has 2 fully saturated rings. The van der Waals surface area contributed by atoms with Crippen molar-refractivity contribution in [1.82, 2.24) is 14.2 Å². The molecular formula is C17H26N4O3S. The number of anilines is 1. The molecule has 2 aliphatic heterocycles. The van der Waals surface area contributed by atoms with Crippen LogP contribution in [0.5, 0.6) is 0 Å². The highest BCUT2D eigenvalue weighted by Crippen LogP contribution is 2.23. The fourth-order valence-electron chi connectivity index (χ4n) is 3.44. The number of nitrogens with zero attached hydrogens (tertiary/aromatic N) is 4. The number of pyridine rings is 1. The summed E-state index contributed by atoms with van der Waals surface area (Å²) in [7, 11) is -3.19. The van der Waals surface area contributed by atoms with E-state index in [4.69, 9.17) is 0 Å². The lowest BCUT2D eigenvalue weighted by atomic mass is 10.1. The van der Waals surface area contributed by atoms with Gasteiger partial charge >= 0.3 is 0 Å². The molecule has 8 heteroatoms. The first kappa shape index (κ1) is 18.1. The van der Waals surface area contributed by atoms with Crippen LogP contribution in [0.3, 0.4) is 0 Å². The number of carbonyl (C=O) groups excluding carboxylic acids is 1. The summed E-state index contributed by atoms with van der Waals surface area (Å²) in [5.41, 5.74) is 0.621. The maximum absolute atomic E-state index is 13.0. The molecule has 0 spiro atoms. The predicted molar refractivity (Wildman–Crippen MR) is 97.2 cm³/mol. The first-order chi connectivity index (χ1) is 12.0. The van der Waals surface area contributed by atoms with Gasteiger partial charge in [0.2, 0.25) is 10.0 Å². The molecule has 0 atom stereocenters. The van der Waals surface area contributed by atoms with Crippen molar-refractivity contribution in [2.45, 2.75) is 26.2 Å². The van der Waals surface area contributed by atoms with Crippen LogP contribution < -0.4 is 4.90 Å². The van der Waals surface area contributed by atoms with Gasteiger partial charge in [-0.3, -0.25) is 4.79 Å². The Hall–Kier alpha value is -1.67. The lowest BCUT2D eigenvalue weighted by molar-refractivity contribution is 0.0698. The van der Waals surface area contributed by atoms with Crippen LogP contribution in [0.1, 0.15) is 36.5 Å². The van der Waals surface area contributed by atoms with Gasteiger partial charge in [0, 0.05) is 45.5 Å². The highest BCUT2D eigenvalue weighted by atomic mass is 32.2. The molecule has 3 heterocycles. The molecule has 0 aromatic carbocycles. The summed E-state index contributed by atoms with van der Waals surface area (Å²) in [6.07, 6.45) is 5.20. The Kier molecular flexibility index (Phi) is 5.58. The average molecular weight is 366 g/mol. The van der Waals surface area contributed by atoms with Gasteiger partial charge in [-0.25, -0.2) is 13.4 Å². The van der Waals surface area contributed by atoms with Crippen LogP contribution in [-0.4, -0.2) is 73.5 Å². The van der Waals surface area contributed by atoms with Gasteiger partial charge in [-0.15, -0.1) is 0 Å². The summed E-state index contributed by atoms with van der Waals surface area (Å²) < 4.78 is 25.4. The molecule has 0 bridgehead atoms. The van der Waals surface area contributed by atoms with Crippen LogP contribution in [0.25, 0.3) is 0 Å². The highest BCUT2D eigenvalue weighted by Gasteiger charge is 2.30. The van der Waals surface area contributed by atoms with E-state index in [0.717, 1.165) is 31.7 Å². The molecule has 0 N–H and O–H groups in total. The summed E-state index contributed by atoms with van der Waals surface area (Å²) in [6, 6.07) is 3.62. The maximum atomic E-state index is 13.0. The molecule has 25 heavy (non-hydrogen) atoms. The minimum absolute atomic E-state index is 0.0535. The number of piperazine rings is 1. The summed E-state index contributed by atoms with van der Waals surface area (Å²) >= 11 is 0. The number of rotatable bonds is 4. The fourth-order valence-corrected chi connectivity index (χ4v) is 4.53. The van der Waals surface area contributed by atoms with Crippen LogP contribution in [0.15, 0.2) is 18.3 Å². The maximum Gasteiger partial charge on any atom is 0.257 e. The highest BCUT2D eigenvalue weighted by molar-refractivity contribution is 7.89. The number of carbonyl (C=O) groups is 1. The van der Waals surface area contributed by atoms with E-state index in [1.165, 1.54) is 10.7 Å². The van der Waals surface area contributed by atoms with Crippen molar-refractivity contribution in [3.8, 4) is 0 Å². The van der Waals surface area contributed by atoms with Crippen molar-refractivity contribution in [2.75, 3.05) is 49.9 Å². The average Bonchev–Trinajstić information content (AvgIpc) is 2.68. The van der Waals surface area contributed by atoms with Gasteiger partial charge in [0.05, 0.1) is 11.3 Å². The third-order valence-electron chi connectivity index (χ3n) is 4.96. The summed E-state index contributed by atoms with van der Waals surface area (Å²) in [6.45, 7) is 5.08. The SMILES string of the molecule is CCS(=O)(=O)N1CCN(C(=O)c2cccnc2N2CCCCC2)CC1. The normalized spacial score (nSPS) is 19.9. The van der Waals surface area contributed by atoms with Gasteiger partial charge in [0.25, 0.3) is 5.91 Å². The number of amides is 1. The molecular weight excluding hydrogens is 340 g/mol. The van der Waals surface area contributed by atoms with Crippen LogP contribution in [0.2, 0.25) is 0 Å². The third-order valence-corrected chi connectivity index (χ3v) is 6.84. The zero-order valence-electron chi connectivity index (χ0n) is 14.7. The van der Waals surface area contributed by atoms with Crippen LogP contribution in [0, 0.1) is 0 Å². The van der Waals surface area contributed by atoms with E-state index >= 15 is 0 Å². The second kappa shape index (κ2) is 7.70. The zero-order chi connectivity index (χ0) is 17.9. The fraction of sp³-hybridized carbons (Fsp3) is 0.647. The van der Waals surface area contributed by atoms with E-state index in [1.54, 1.807) is 24.1 Å². The molecule has 1 aromatic rings. The van der Waals surface area contributed by atoms with Crippen molar-refractivity contribution in [3.63, 3.8) is 0 Å². The third kappa shape index (κ3) is 3.95. The first-order valence-corrected chi connectivity index (χ1v) is 10.6. The Balaban J connectivity index is 1.72. The lowest BCUT2D eigenvalue weighted by Crippen LogP contribution is -2.51. The number of hydrogen-bond donors (Lipinski definition) is 0. The second-order valence-electron chi connectivity index (χ2n) is 6.51. The standard InChI is InChI=1S/C17H26N4O3S/c1-2-25(23,24)21-13-11-20(12-14-21)17(22)15-7-6-8-18-16(15)19-9-4-3-5-10-19/h6-8H,2-5,9-14H2,1H3. The van der Waals surface area contributed by atoms with E-state index in [-0.39, 0.29) is 11.7 Å². The number of aromatic nitrogens is 1. The van der Waals surface area contributed by atoms with Crippen molar-refractivity contribution in [2.24, 2.45) is 0 Å². The Morgan fingerprint density at radius 3 is 2.40 bits per heavy atom. The van der Waals surface area contributed by atoms with Gasteiger partial charge in [-0.2, -0.15) is 4.31 Å². The van der Waals surface area contributed by atoms with Crippen LogP contribution in [-0.2, 0) is 10.0 Å². The van der Waals surface area contributed by atoms with E-state index in [2.05, 4.69) is 9.88 Å². The number of piperidine rings is 1. The smallest absolute Gasteiger partial charge is 0.257 e. The Labute approximate surface area is 149 Å². The Morgan fingerprint density at radius 2 is 1.76 bits per heavy atom. The van der Waals surface area contributed by atoms with Gasteiger partial charge in [0.15, 0.2) is 0 Å². The van der Waals surface area contributed by atoms with Gasteiger partial charge in [0.1, 0.15) is 5.82 Å². The molecule has 138 valence electrons. The molecule has 0 unspecified atom stereocenters. The second-order valence-corrected chi connectivity index (χ2v) is 8.77. The van der Waals surface area contributed by atoms with Crippen molar-refractivity contribution in [3.05, 3.63) is 23.9 Å². The molecule has 0 aliphatic carbocycles. The lowest BCUT2D eigenvalue weighted by Gasteiger charge is -2.35. The summed E-state index contributed by atoms with van der Waals surface area (Å²) in [5.74, 6) is 0.806. The minimum Gasteiger partial charge on any atom is -0.356 e. The van der Waals surface area contributed by atoms with E-state index in [0.29, 0.717) is 31.7 Å². The van der Waals surface area contributed by atoms with Gasteiger partial charge in [-0.1, -0.05) is 0 Å². The van der Waals surface area contributed by atoms with Crippen molar-refractivity contribution in [1.29, 1.82) is 0 Å². The van der Waals surface area contributed by atoms with Crippen molar-refractivity contribution < 1.29 is 13.2 Å². The van der Waals surface area contributed by atoms with Crippen LogP contribution >= 0.6 is 0 Å². The monoisotopic (exact) mass is 366 g/mol. The predicted octanol–water partition coefficient (Wildman–Crippen LogP) is 1.18.